The van der Waals surface area contributed by atoms with Crippen molar-refractivity contribution in [2.24, 2.45) is 23.2 Å². The van der Waals surface area contributed by atoms with Crippen LogP contribution in [0.4, 0.5) is 0 Å². The molecule has 174 valence electrons. The maximum atomic E-state index is 12.4. The van der Waals surface area contributed by atoms with Gasteiger partial charge in [0, 0.05) is 27.7 Å². The van der Waals surface area contributed by atoms with Crippen LogP contribution in [-0.4, -0.2) is 17.1 Å². The molecule has 6 rings (SSSR count). The highest BCUT2D eigenvalue weighted by Gasteiger charge is 2.53. The molecule has 4 saturated carbocycles. The van der Waals surface area contributed by atoms with Crippen LogP contribution in [0.3, 0.4) is 0 Å². The molecule has 33 heavy (non-hydrogen) atoms. The molecule has 0 radical (unpaired) electrons. The van der Waals surface area contributed by atoms with Gasteiger partial charge < -0.3 is 9.73 Å². The van der Waals surface area contributed by atoms with Gasteiger partial charge in [-0.3, -0.25) is 10.1 Å². The Morgan fingerprint density at radius 2 is 1.70 bits per heavy atom. The highest BCUT2D eigenvalue weighted by Crippen LogP contribution is 2.61. The van der Waals surface area contributed by atoms with Gasteiger partial charge in [0.25, 0.3) is 0 Å². The van der Waals surface area contributed by atoms with Crippen LogP contribution in [0.1, 0.15) is 51.2 Å². The molecule has 4 aliphatic rings. The Balaban J connectivity index is 1.16. The summed E-state index contributed by atoms with van der Waals surface area (Å²) in [6.45, 7) is 2.23. The fraction of sp³-hybridized carbons (Fsp3) is 0.462. The average molecular weight is 503 g/mol. The van der Waals surface area contributed by atoms with Crippen LogP contribution in [0.15, 0.2) is 40.8 Å². The monoisotopic (exact) mass is 502 g/mol. The first-order chi connectivity index (χ1) is 15.8. The van der Waals surface area contributed by atoms with Crippen molar-refractivity contribution in [1.29, 1.82) is 0 Å². The molecule has 4 aliphatic carbocycles. The number of benzene rings is 1. The van der Waals surface area contributed by atoms with Crippen molar-refractivity contribution < 1.29 is 9.21 Å². The Bertz CT molecular complexity index is 1050. The van der Waals surface area contributed by atoms with Gasteiger partial charge in [-0.05, 0) is 117 Å². The maximum Gasteiger partial charge on any atom is 0.250 e. The number of thiocarbonyl (C=S) groups is 1. The number of carbonyl (C=O) groups is 1. The van der Waals surface area contributed by atoms with Crippen LogP contribution in [0.5, 0.6) is 0 Å². The summed E-state index contributed by atoms with van der Waals surface area (Å²) in [5.74, 6) is 3.54. The molecule has 4 nitrogen and oxygen atoms in total. The van der Waals surface area contributed by atoms with E-state index in [1.165, 1.54) is 44.6 Å². The molecule has 0 unspecified atom stereocenters. The van der Waals surface area contributed by atoms with Crippen molar-refractivity contribution in [2.45, 2.75) is 51.5 Å². The van der Waals surface area contributed by atoms with Crippen LogP contribution in [0, 0.1) is 23.2 Å². The number of furan rings is 1. The summed E-state index contributed by atoms with van der Waals surface area (Å²) < 4.78 is 5.80. The number of nitrogens with one attached hydrogen (secondary N) is 2. The molecule has 1 amide bonds. The second-order valence-corrected chi connectivity index (χ2v) is 11.4. The lowest BCUT2D eigenvalue weighted by Crippen LogP contribution is -2.57. The number of rotatable bonds is 5. The molecule has 7 heteroatoms. The average Bonchev–Trinajstić information content (AvgIpc) is 3.19. The van der Waals surface area contributed by atoms with E-state index in [1.807, 2.05) is 6.07 Å². The third kappa shape index (κ3) is 5.01. The smallest absolute Gasteiger partial charge is 0.250 e. The minimum Gasteiger partial charge on any atom is -0.457 e. The Morgan fingerprint density at radius 1 is 1.09 bits per heavy atom. The van der Waals surface area contributed by atoms with E-state index in [9.17, 15) is 4.79 Å². The van der Waals surface area contributed by atoms with E-state index in [2.05, 4.69) is 17.6 Å². The number of hydrogen-bond donors (Lipinski definition) is 2. The third-order valence-corrected chi connectivity index (χ3v) is 8.42. The molecule has 4 bridgehead atoms. The Morgan fingerprint density at radius 3 is 2.30 bits per heavy atom. The van der Waals surface area contributed by atoms with Crippen LogP contribution < -0.4 is 10.6 Å². The highest BCUT2D eigenvalue weighted by molar-refractivity contribution is 7.80. The Labute approximate surface area is 210 Å². The third-order valence-electron chi connectivity index (χ3n) is 7.76. The molecule has 2 N–H and O–H groups in total. The first-order valence-electron chi connectivity index (χ1n) is 11.6. The lowest BCUT2D eigenvalue weighted by Gasteiger charge is -2.59. The standard InChI is InChI=1S/C26H28Cl2N2O2S/c1-15(26-12-16-6-17(13-26)8-18(7-16)14-26)29-25(33)30-24(31)5-3-22-2-4-23(32-22)19-9-20(27)11-21(28)10-19/h2-5,9-11,15-18H,6-8,12-14H2,1H3,(H2,29,30,31,33)/b5-3+/t15-,16?,17?,18?,26?/m0/s1. The second kappa shape index (κ2) is 9.09. The minimum absolute atomic E-state index is 0.264. The first-order valence-corrected chi connectivity index (χ1v) is 12.8. The van der Waals surface area contributed by atoms with E-state index in [-0.39, 0.29) is 11.9 Å². The lowest BCUT2D eigenvalue weighted by atomic mass is 9.48. The number of halogens is 2. The molecule has 0 saturated heterocycles. The topological polar surface area (TPSA) is 54.3 Å². The van der Waals surface area contributed by atoms with Crippen molar-refractivity contribution in [3.05, 3.63) is 52.2 Å². The molecular weight excluding hydrogens is 475 g/mol. The van der Waals surface area contributed by atoms with Gasteiger partial charge in [-0.2, -0.15) is 0 Å². The van der Waals surface area contributed by atoms with E-state index in [0.717, 1.165) is 23.3 Å². The van der Waals surface area contributed by atoms with Gasteiger partial charge in [-0.15, -0.1) is 0 Å². The van der Waals surface area contributed by atoms with Gasteiger partial charge >= 0.3 is 0 Å². The van der Waals surface area contributed by atoms with Crippen LogP contribution in [-0.2, 0) is 4.79 Å². The van der Waals surface area contributed by atoms with Gasteiger partial charge in [0.15, 0.2) is 5.11 Å². The van der Waals surface area contributed by atoms with Crippen LogP contribution >= 0.6 is 35.4 Å². The predicted molar refractivity (Wildman–Crippen MR) is 137 cm³/mol. The van der Waals surface area contributed by atoms with Gasteiger partial charge in [0.05, 0.1) is 0 Å². The zero-order valence-electron chi connectivity index (χ0n) is 18.6. The SMILES string of the molecule is C[C@H](NC(=S)NC(=O)/C=C/c1ccc(-c2cc(Cl)cc(Cl)c2)o1)C12CC3CC(CC(C3)C1)C2. The van der Waals surface area contributed by atoms with E-state index in [4.69, 9.17) is 39.8 Å². The lowest BCUT2D eigenvalue weighted by molar-refractivity contribution is -0.115. The van der Waals surface area contributed by atoms with Gasteiger partial charge in [-0.1, -0.05) is 23.2 Å². The molecule has 1 aromatic carbocycles. The van der Waals surface area contributed by atoms with E-state index in [0.29, 0.717) is 32.1 Å². The Kier molecular flexibility index (Phi) is 6.32. The number of amides is 1. The molecule has 1 heterocycles. The summed E-state index contributed by atoms with van der Waals surface area (Å²) in [6.07, 6.45) is 11.2. The molecule has 0 spiro atoms. The summed E-state index contributed by atoms with van der Waals surface area (Å²) in [5.41, 5.74) is 1.10. The quantitative estimate of drug-likeness (QED) is 0.346. The van der Waals surface area contributed by atoms with Crippen molar-refractivity contribution in [1.82, 2.24) is 10.6 Å². The first kappa shape index (κ1) is 22.9. The van der Waals surface area contributed by atoms with Gasteiger partial charge in [0.1, 0.15) is 11.5 Å². The molecule has 4 fully saturated rings. The molecule has 1 atom stereocenters. The summed E-state index contributed by atoms with van der Waals surface area (Å²) in [4.78, 5) is 12.4. The van der Waals surface area contributed by atoms with Gasteiger partial charge in [0.2, 0.25) is 5.91 Å². The summed E-state index contributed by atoms with van der Waals surface area (Å²) >= 11 is 17.6. The largest absolute Gasteiger partial charge is 0.457 e. The van der Waals surface area contributed by atoms with Gasteiger partial charge in [-0.25, -0.2) is 0 Å². The summed E-state index contributed by atoms with van der Waals surface area (Å²) in [6, 6.07) is 9.10. The summed E-state index contributed by atoms with van der Waals surface area (Å²) in [7, 11) is 0. The van der Waals surface area contributed by atoms with Crippen molar-refractivity contribution in [3.8, 4) is 11.3 Å². The number of carbonyl (C=O) groups excluding carboxylic acids is 1. The summed E-state index contributed by atoms with van der Waals surface area (Å²) in [5, 5.41) is 7.67. The van der Waals surface area contributed by atoms with Crippen molar-refractivity contribution in [2.75, 3.05) is 0 Å². The molecule has 0 aliphatic heterocycles. The maximum absolute atomic E-state index is 12.4. The zero-order valence-corrected chi connectivity index (χ0v) is 20.9. The minimum atomic E-state index is -0.283. The van der Waals surface area contributed by atoms with E-state index >= 15 is 0 Å². The van der Waals surface area contributed by atoms with Crippen LogP contribution in [0.25, 0.3) is 17.4 Å². The van der Waals surface area contributed by atoms with Crippen molar-refractivity contribution >= 4 is 52.5 Å². The molecule has 1 aromatic heterocycles. The highest BCUT2D eigenvalue weighted by atomic mass is 35.5. The predicted octanol–water partition coefficient (Wildman–Crippen LogP) is 6.86. The van der Waals surface area contributed by atoms with E-state index in [1.54, 1.807) is 30.3 Å². The second-order valence-electron chi connectivity index (χ2n) is 10.2. The van der Waals surface area contributed by atoms with Crippen molar-refractivity contribution in [3.63, 3.8) is 0 Å². The van der Waals surface area contributed by atoms with E-state index < -0.39 is 0 Å². The van der Waals surface area contributed by atoms with Crippen LogP contribution in [0.2, 0.25) is 10.0 Å². The fourth-order valence-electron chi connectivity index (χ4n) is 6.70. The Hall–Kier alpha value is -1.82. The zero-order chi connectivity index (χ0) is 23.2. The fourth-order valence-corrected chi connectivity index (χ4v) is 7.50. The molecular formula is C26H28Cl2N2O2S. The number of hydrogen-bond acceptors (Lipinski definition) is 3. The normalized spacial score (nSPS) is 28.8. The molecule has 2 aromatic rings.